The monoisotopic (exact) mass is 229 g/mol. The maximum absolute atomic E-state index is 11.9. The minimum Gasteiger partial charge on any atom is -0.480 e. The first-order valence-corrected chi connectivity index (χ1v) is 5.54. The molecule has 0 spiro atoms. The molecule has 0 aromatic carbocycles. The van der Waals surface area contributed by atoms with E-state index in [-0.39, 0.29) is 11.3 Å². The average Bonchev–Trinajstić information content (AvgIpc) is 2.16. The fraction of sp³-hybridized carbons (Fsp3) is 0.818. The number of amides is 1. The first-order chi connectivity index (χ1) is 7.52. The van der Waals surface area contributed by atoms with E-state index in [0.717, 1.165) is 19.3 Å². The number of carbonyl (C=O) groups is 2. The molecule has 0 heterocycles. The molecule has 5 heteroatoms. The summed E-state index contributed by atoms with van der Waals surface area (Å²) in [6.07, 6.45) is 3.35. The van der Waals surface area contributed by atoms with Crippen molar-refractivity contribution in [1.82, 2.24) is 5.32 Å². The number of methoxy groups -OCH3 is 1. The van der Waals surface area contributed by atoms with Crippen LogP contribution in [0, 0.1) is 5.41 Å². The highest BCUT2D eigenvalue weighted by Crippen LogP contribution is 2.44. The van der Waals surface area contributed by atoms with Crippen molar-refractivity contribution in [3.8, 4) is 0 Å². The Kier molecular flexibility index (Phi) is 4.29. The Bertz CT molecular complexity index is 273. The van der Waals surface area contributed by atoms with Crippen LogP contribution >= 0.6 is 0 Å². The minimum atomic E-state index is -1.01. The van der Waals surface area contributed by atoms with Crippen molar-refractivity contribution >= 4 is 11.9 Å². The fourth-order valence-corrected chi connectivity index (χ4v) is 1.90. The van der Waals surface area contributed by atoms with E-state index in [9.17, 15) is 9.59 Å². The van der Waals surface area contributed by atoms with Gasteiger partial charge in [-0.25, -0.2) is 0 Å². The second-order valence-corrected chi connectivity index (χ2v) is 4.41. The number of ether oxygens (including phenoxy) is 1. The van der Waals surface area contributed by atoms with E-state index in [1.54, 1.807) is 7.11 Å². The van der Waals surface area contributed by atoms with Gasteiger partial charge in [0.2, 0.25) is 5.91 Å². The molecule has 1 atom stereocenters. The average molecular weight is 229 g/mol. The fourth-order valence-electron chi connectivity index (χ4n) is 1.90. The van der Waals surface area contributed by atoms with E-state index in [1.165, 1.54) is 6.92 Å². The first-order valence-electron chi connectivity index (χ1n) is 5.54. The van der Waals surface area contributed by atoms with Gasteiger partial charge in [-0.3, -0.25) is 9.59 Å². The van der Waals surface area contributed by atoms with Crippen LogP contribution in [-0.4, -0.2) is 36.7 Å². The maximum Gasteiger partial charge on any atom is 0.325 e. The van der Waals surface area contributed by atoms with Crippen molar-refractivity contribution in [2.75, 3.05) is 13.7 Å². The molecule has 92 valence electrons. The molecule has 1 saturated carbocycles. The molecular formula is C11H19NO4. The summed E-state index contributed by atoms with van der Waals surface area (Å²) in [5.41, 5.74) is -0.389. The molecule has 0 bridgehead atoms. The molecule has 1 aliphatic rings. The van der Waals surface area contributed by atoms with E-state index in [1.807, 2.05) is 0 Å². The Morgan fingerprint density at radius 2 is 2.12 bits per heavy atom. The van der Waals surface area contributed by atoms with Gasteiger partial charge in [0.25, 0.3) is 0 Å². The van der Waals surface area contributed by atoms with E-state index in [2.05, 4.69) is 5.32 Å². The normalized spacial score (nSPS) is 19.6. The molecule has 0 radical (unpaired) electrons. The molecule has 0 aromatic heterocycles. The van der Waals surface area contributed by atoms with Crippen molar-refractivity contribution in [2.24, 2.45) is 5.41 Å². The number of nitrogens with one attached hydrogen (secondary N) is 1. The van der Waals surface area contributed by atoms with Gasteiger partial charge in [-0.15, -0.1) is 0 Å². The first kappa shape index (κ1) is 13.0. The van der Waals surface area contributed by atoms with Crippen LogP contribution in [0.25, 0.3) is 0 Å². The third-order valence-electron chi connectivity index (χ3n) is 3.30. The van der Waals surface area contributed by atoms with Crippen molar-refractivity contribution in [1.29, 1.82) is 0 Å². The number of carbonyl (C=O) groups excluding carboxylic acids is 1. The molecule has 16 heavy (non-hydrogen) atoms. The highest BCUT2D eigenvalue weighted by molar-refractivity contribution is 5.87. The molecule has 1 rings (SSSR count). The largest absolute Gasteiger partial charge is 0.480 e. The minimum absolute atomic E-state index is 0.147. The second kappa shape index (κ2) is 5.30. The van der Waals surface area contributed by atoms with E-state index >= 15 is 0 Å². The zero-order valence-corrected chi connectivity index (χ0v) is 9.78. The highest BCUT2D eigenvalue weighted by atomic mass is 16.5. The van der Waals surface area contributed by atoms with Gasteiger partial charge in [0.15, 0.2) is 0 Å². The third-order valence-corrected chi connectivity index (χ3v) is 3.30. The van der Waals surface area contributed by atoms with Crippen LogP contribution in [0.3, 0.4) is 0 Å². The predicted molar refractivity (Wildman–Crippen MR) is 58.0 cm³/mol. The van der Waals surface area contributed by atoms with Crippen LogP contribution in [-0.2, 0) is 14.3 Å². The van der Waals surface area contributed by atoms with Crippen LogP contribution < -0.4 is 5.32 Å². The Hall–Kier alpha value is -1.10. The molecule has 0 saturated heterocycles. The summed E-state index contributed by atoms with van der Waals surface area (Å²) < 4.78 is 4.98. The lowest BCUT2D eigenvalue weighted by Gasteiger charge is -2.40. The van der Waals surface area contributed by atoms with Crippen molar-refractivity contribution in [2.45, 2.75) is 38.6 Å². The Morgan fingerprint density at radius 3 is 2.50 bits per heavy atom. The molecule has 1 aliphatic carbocycles. The molecular weight excluding hydrogens is 210 g/mol. The summed E-state index contributed by atoms with van der Waals surface area (Å²) in [6.45, 7) is 2.01. The third kappa shape index (κ3) is 2.72. The van der Waals surface area contributed by atoms with Gasteiger partial charge in [-0.2, -0.15) is 0 Å². The van der Waals surface area contributed by atoms with E-state index in [0.29, 0.717) is 13.0 Å². The Labute approximate surface area is 95.2 Å². The highest BCUT2D eigenvalue weighted by Gasteiger charge is 2.44. The molecule has 2 N–H and O–H groups in total. The van der Waals surface area contributed by atoms with Crippen LogP contribution in [0.5, 0.6) is 0 Å². The number of hydrogen-bond acceptors (Lipinski definition) is 3. The van der Waals surface area contributed by atoms with Gasteiger partial charge in [0.1, 0.15) is 6.04 Å². The lowest BCUT2D eigenvalue weighted by atomic mass is 9.66. The van der Waals surface area contributed by atoms with Gasteiger partial charge >= 0.3 is 5.97 Å². The van der Waals surface area contributed by atoms with E-state index in [4.69, 9.17) is 9.84 Å². The van der Waals surface area contributed by atoms with Gasteiger partial charge in [0, 0.05) is 13.7 Å². The lowest BCUT2D eigenvalue weighted by molar-refractivity contribution is -0.146. The van der Waals surface area contributed by atoms with Crippen LogP contribution in [0.1, 0.15) is 32.6 Å². The van der Waals surface area contributed by atoms with E-state index < -0.39 is 12.0 Å². The number of rotatable bonds is 6. The van der Waals surface area contributed by atoms with Gasteiger partial charge < -0.3 is 15.2 Å². The summed E-state index contributed by atoms with van der Waals surface area (Å²) >= 11 is 0. The zero-order valence-electron chi connectivity index (χ0n) is 9.78. The molecule has 5 nitrogen and oxygen atoms in total. The number of aliphatic carboxylic acids is 1. The number of hydrogen-bond donors (Lipinski definition) is 2. The van der Waals surface area contributed by atoms with Crippen molar-refractivity contribution in [3.05, 3.63) is 0 Å². The predicted octanol–water partition coefficient (Wildman–Crippen LogP) is 0.782. The molecule has 0 aromatic rings. The van der Waals surface area contributed by atoms with Crippen molar-refractivity contribution in [3.63, 3.8) is 0 Å². The molecule has 0 aliphatic heterocycles. The standard InChI is InChI=1S/C11H19NO4/c1-8(9(13)14)12-10(15)11(4-3-5-11)6-7-16-2/h8H,3-7H2,1-2H3,(H,12,15)(H,13,14)/t8-/m1/s1. The number of carboxylic acids is 1. The van der Waals surface area contributed by atoms with Gasteiger partial charge in [-0.1, -0.05) is 6.42 Å². The smallest absolute Gasteiger partial charge is 0.325 e. The summed E-state index contributed by atoms with van der Waals surface area (Å²) in [4.78, 5) is 22.6. The zero-order chi connectivity index (χ0) is 12.2. The summed E-state index contributed by atoms with van der Waals surface area (Å²) in [5.74, 6) is -1.15. The van der Waals surface area contributed by atoms with Crippen LogP contribution in [0.15, 0.2) is 0 Å². The molecule has 1 fully saturated rings. The van der Waals surface area contributed by atoms with Gasteiger partial charge in [-0.05, 0) is 26.2 Å². The Balaban J connectivity index is 2.52. The van der Waals surface area contributed by atoms with Gasteiger partial charge in [0.05, 0.1) is 5.41 Å². The molecule has 0 unspecified atom stereocenters. The summed E-state index contributed by atoms with van der Waals surface area (Å²) in [6, 6.07) is -0.826. The van der Waals surface area contributed by atoms with Crippen LogP contribution in [0.4, 0.5) is 0 Å². The lowest BCUT2D eigenvalue weighted by Crippen LogP contribution is -2.50. The Morgan fingerprint density at radius 1 is 1.50 bits per heavy atom. The SMILES string of the molecule is COCCC1(C(=O)N[C@H](C)C(=O)O)CCC1. The van der Waals surface area contributed by atoms with Crippen molar-refractivity contribution < 1.29 is 19.4 Å². The maximum atomic E-state index is 11.9. The van der Waals surface area contributed by atoms with Crippen LogP contribution in [0.2, 0.25) is 0 Å². The topological polar surface area (TPSA) is 75.6 Å². The molecule has 1 amide bonds. The summed E-state index contributed by atoms with van der Waals surface area (Å²) in [5, 5.41) is 11.3. The quantitative estimate of drug-likeness (QED) is 0.705. The summed E-state index contributed by atoms with van der Waals surface area (Å²) in [7, 11) is 1.60. The second-order valence-electron chi connectivity index (χ2n) is 4.41. The number of carboxylic acid groups (broad SMARTS) is 1.